The first-order valence-corrected chi connectivity index (χ1v) is 7.37. The summed E-state index contributed by atoms with van der Waals surface area (Å²) in [5.41, 5.74) is 8.02. The van der Waals surface area contributed by atoms with Crippen LogP contribution in [-0.4, -0.2) is 29.0 Å². The number of nitrogens with two attached hydrogens (primary N) is 1. The van der Waals surface area contributed by atoms with Gasteiger partial charge in [-0.1, -0.05) is 13.0 Å². The van der Waals surface area contributed by atoms with Gasteiger partial charge in [0.15, 0.2) is 0 Å². The van der Waals surface area contributed by atoms with Gasteiger partial charge in [0.25, 0.3) is 0 Å². The summed E-state index contributed by atoms with van der Waals surface area (Å²) in [5.74, 6) is 1.24. The quantitative estimate of drug-likeness (QED) is 0.852. The number of nitrogen functional groups attached to an aromatic ring is 1. The molecule has 1 heterocycles. The van der Waals surface area contributed by atoms with E-state index in [2.05, 4.69) is 51.6 Å². The number of benzene rings is 1. The Kier molecular flexibility index (Phi) is 4.16. The van der Waals surface area contributed by atoms with Crippen LogP contribution < -0.4 is 5.73 Å². The highest BCUT2D eigenvalue weighted by Crippen LogP contribution is 2.23. The molecule has 1 aliphatic rings. The van der Waals surface area contributed by atoms with Gasteiger partial charge in [0, 0.05) is 40.8 Å². The van der Waals surface area contributed by atoms with Crippen LogP contribution >= 0.6 is 27.7 Å². The summed E-state index contributed by atoms with van der Waals surface area (Å²) < 4.78 is 0.985. The fraction of sp³-hybridized carbons (Fsp3) is 0.500. The van der Waals surface area contributed by atoms with Crippen LogP contribution in [-0.2, 0) is 6.54 Å². The van der Waals surface area contributed by atoms with Gasteiger partial charge in [-0.05, 0) is 33.6 Å². The largest absolute Gasteiger partial charge is 0.398 e. The molecule has 0 aromatic heterocycles. The van der Waals surface area contributed by atoms with Crippen molar-refractivity contribution in [1.82, 2.24) is 4.90 Å². The molecule has 1 unspecified atom stereocenters. The maximum absolute atomic E-state index is 5.88. The van der Waals surface area contributed by atoms with E-state index in [0.29, 0.717) is 0 Å². The monoisotopic (exact) mass is 300 g/mol. The Morgan fingerprint density at radius 3 is 3.06 bits per heavy atom. The molecule has 4 heteroatoms. The molecule has 16 heavy (non-hydrogen) atoms. The second-order valence-electron chi connectivity index (χ2n) is 4.27. The molecule has 0 amide bonds. The first kappa shape index (κ1) is 12.3. The highest BCUT2D eigenvalue weighted by molar-refractivity contribution is 9.10. The van der Waals surface area contributed by atoms with Gasteiger partial charge in [-0.15, -0.1) is 0 Å². The van der Waals surface area contributed by atoms with Crippen molar-refractivity contribution >= 4 is 33.4 Å². The molecule has 88 valence electrons. The molecule has 0 radical (unpaired) electrons. The van der Waals surface area contributed by atoms with E-state index in [-0.39, 0.29) is 0 Å². The highest BCUT2D eigenvalue weighted by Gasteiger charge is 2.16. The molecule has 0 bridgehead atoms. The van der Waals surface area contributed by atoms with Crippen LogP contribution in [0.3, 0.4) is 0 Å². The van der Waals surface area contributed by atoms with Crippen LogP contribution in [0.5, 0.6) is 0 Å². The van der Waals surface area contributed by atoms with Gasteiger partial charge in [0.1, 0.15) is 0 Å². The van der Waals surface area contributed by atoms with Crippen molar-refractivity contribution in [3.05, 3.63) is 28.2 Å². The number of rotatable bonds is 2. The summed E-state index contributed by atoms with van der Waals surface area (Å²) in [6.45, 7) is 5.68. The maximum Gasteiger partial charge on any atom is 0.0461 e. The van der Waals surface area contributed by atoms with Crippen molar-refractivity contribution in [2.75, 3.05) is 24.6 Å². The minimum Gasteiger partial charge on any atom is -0.398 e. The minimum absolute atomic E-state index is 0.751. The standard InChI is InChI=1S/C12H17BrN2S/c1-9-7-15(4-5-16-9)8-10-2-3-11(13)12(14)6-10/h2-3,6,9H,4-5,7-8,14H2,1H3. The predicted octanol–water partition coefficient (Wildman–Crippen LogP) is 2.97. The Morgan fingerprint density at radius 1 is 1.56 bits per heavy atom. The van der Waals surface area contributed by atoms with E-state index in [0.717, 1.165) is 22.0 Å². The summed E-state index contributed by atoms with van der Waals surface area (Å²) >= 11 is 5.49. The fourth-order valence-corrected chi connectivity index (χ4v) is 3.31. The number of anilines is 1. The van der Waals surface area contributed by atoms with Crippen LogP contribution in [0.25, 0.3) is 0 Å². The van der Waals surface area contributed by atoms with Gasteiger partial charge in [-0.3, -0.25) is 4.90 Å². The molecule has 1 aromatic carbocycles. The molecule has 1 aliphatic heterocycles. The van der Waals surface area contributed by atoms with E-state index in [4.69, 9.17) is 5.73 Å². The Balaban J connectivity index is 2.00. The lowest BCUT2D eigenvalue weighted by Gasteiger charge is -2.30. The predicted molar refractivity (Wildman–Crippen MR) is 75.8 cm³/mol. The molecule has 2 nitrogen and oxygen atoms in total. The molecular weight excluding hydrogens is 284 g/mol. The van der Waals surface area contributed by atoms with E-state index in [1.54, 1.807) is 0 Å². The van der Waals surface area contributed by atoms with E-state index >= 15 is 0 Å². The minimum atomic E-state index is 0.751. The van der Waals surface area contributed by atoms with Gasteiger partial charge >= 0.3 is 0 Å². The Hall–Kier alpha value is -0.190. The lowest BCUT2D eigenvalue weighted by atomic mass is 10.2. The Bertz CT molecular complexity index is 370. The summed E-state index contributed by atoms with van der Waals surface area (Å²) in [4.78, 5) is 2.50. The van der Waals surface area contributed by atoms with Crippen LogP contribution in [0.2, 0.25) is 0 Å². The zero-order valence-electron chi connectivity index (χ0n) is 9.45. The third-order valence-corrected chi connectivity index (χ3v) is 4.65. The average molecular weight is 301 g/mol. The Morgan fingerprint density at radius 2 is 2.38 bits per heavy atom. The third kappa shape index (κ3) is 3.15. The molecule has 2 N–H and O–H groups in total. The smallest absolute Gasteiger partial charge is 0.0461 e. The van der Waals surface area contributed by atoms with Gasteiger partial charge in [-0.2, -0.15) is 11.8 Å². The first-order valence-electron chi connectivity index (χ1n) is 5.53. The molecule has 1 atom stereocenters. The second kappa shape index (κ2) is 5.43. The van der Waals surface area contributed by atoms with Gasteiger partial charge in [0.05, 0.1) is 0 Å². The molecule has 1 fully saturated rings. The summed E-state index contributed by atoms with van der Waals surface area (Å²) in [5, 5.41) is 0.751. The van der Waals surface area contributed by atoms with E-state index in [9.17, 15) is 0 Å². The number of hydrogen-bond acceptors (Lipinski definition) is 3. The average Bonchev–Trinajstić information content (AvgIpc) is 2.24. The van der Waals surface area contributed by atoms with Crippen LogP contribution in [0, 0.1) is 0 Å². The van der Waals surface area contributed by atoms with Gasteiger partial charge < -0.3 is 5.73 Å². The molecule has 1 saturated heterocycles. The highest BCUT2D eigenvalue weighted by atomic mass is 79.9. The zero-order valence-corrected chi connectivity index (χ0v) is 11.9. The van der Waals surface area contributed by atoms with E-state index in [1.165, 1.54) is 24.4 Å². The number of hydrogen-bond donors (Lipinski definition) is 1. The van der Waals surface area contributed by atoms with E-state index < -0.39 is 0 Å². The van der Waals surface area contributed by atoms with Crippen LogP contribution in [0.1, 0.15) is 12.5 Å². The van der Waals surface area contributed by atoms with Crippen molar-refractivity contribution in [3.8, 4) is 0 Å². The molecule has 0 saturated carbocycles. The van der Waals surface area contributed by atoms with Crippen molar-refractivity contribution in [2.45, 2.75) is 18.7 Å². The van der Waals surface area contributed by atoms with Gasteiger partial charge in [-0.25, -0.2) is 0 Å². The normalized spacial score (nSPS) is 22.2. The molecule has 1 aromatic rings. The van der Waals surface area contributed by atoms with Crippen LogP contribution in [0.15, 0.2) is 22.7 Å². The number of nitrogens with zero attached hydrogens (tertiary/aromatic N) is 1. The maximum atomic E-state index is 5.88. The lowest BCUT2D eigenvalue weighted by molar-refractivity contribution is 0.278. The van der Waals surface area contributed by atoms with Crippen LogP contribution in [0.4, 0.5) is 5.69 Å². The fourth-order valence-electron chi connectivity index (χ4n) is 1.98. The number of thioether (sulfide) groups is 1. The number of halogens is 1. The topological polar surface area (TPSA) is 29.3 Å². The van der Waals surface area contributed by atoms with Crippen molar-refractivity contribution in [2.24, 2.45) is 0 Å². The van der Waals surface area contributed by atoms with Gasteiger partial charge in [0.2, 0.25) is 0 Å². The lowest BCUT2D eigenvalue weighted by Crippen LogP contribution is -2.36. The summed E-state index contributed by atoms with van der Waals surface area (Å²) in [6, 6.07) is 6.25. The molecule has 2 rings (SSSR count). The SMILES string of the molecule is CC1CN(Cc2ccc(Br)c(N)c2)CCS1. The third-order valence-electron chi connectivity index (χ3n) is 2.79. The molecular formula is C12H17BrN2S. The summed E-state index contributed by atoms with van der Waals surface area (Å²) in [6.07, 6.45) is 0. The zero-order chi connectivity index (χ0) is 11.5. The second-order valence-corrected chi connectivity index (χ2v) is 6.67. The van der Waals surface area contributed by atoms with E-state index in [1.807, 2.05) is 6.07 Å². The van der Waals surface area contributed by atoms with Crippen molar-refractivity contribution < 1.29 is 0 Å². The summed E-state index contributed by atoms with van der Waals surface area (Å²) in [7, 11) is 0. The van der Waals surface area contributed by atoms with Crippen molar-refractivity contribution in [1.29, 1.82) is 0 Å². The van der Waals surface area contributed by atoms with Crippen molar-refractivity contribution in [3.63, 3.8) is 0 Å². The Labute approximate surface area is 110 Å². The molecule has 0 aliphatic carbocycles. The molecule has 0 spiro atoms. The first-order chi connectivity index (χ1) is 7.65.